The van der Waals surface area contributed by atoms with Gasteiger partial charge in [0.1, 0.15) is 11.1 Å². The van der Waals surface area contributed by atoms with E-state index >= 15 is 0 Å². The Morgan fingerprint density at radius 3 is 2.48 bits per heavy atom. The monoisotopic (exact) mass is 416 g/mol. The number of carbonyl (C=O) groups is 1. The van der Waals surface area contributed by atoms with Crippen molar-refractivity contribution in [3.63, 3.8) is 0 Å². The van der Waals surface area contributed by atoms with Gasteiger partial charge in [0.2, 0.25) is 11.3 Å². The molecule has 0 aliphatic heterocycles. The third kappa shape index (κ3) is 5.56. The van der Waals surface area contributed by atoms with Crippen LogP contribution in [0.1, 0.15) is 28.4 Å². The summed E-state index contributed by atoms with van der Waals surface area (Å²) in [7, 11) is 4.03. The van der Waals surface area contributed by atoms with E-state index < -0.39 is 11.3 Å². The Labute approximate surface area is 175 Å². The van der Waals surface area contributed by atoms with Crippen molar-refractivity contribution < 1.29 is 9.53 Å². The maximum Gasteiger partial charge on any atom is 0.257 e. The van der Waals surface area contributed by atoms with Crippen molar-refractivity contribution >= 4 is 29.3 Å². The molecule has 2 heterocycles. The number of hydrogen-bond donors (Lipinski definition) is 2. The average Bonchev–Trinajstić information content (AvgIpc) is 2.68. The van der Waals surface area contributed by atoms with E-state index in [0.29, 0.717) is 24.5 Å². The Morgan fingerprint density at radius 2 is 1.83 bits per heavy atom. The van der Waals surface area contributed by atoms with E-state index in [9.17, 15) is 9.59 Å². The van der Waals surface area contributed by atoms with E-state index in [1.165, 1.54) is 11.8 Å². The summed E-state index contributed by atoms with van der Waals surface area (Å²) in [6.45, 7) is 3.48. The fraction of sp³-hybridized carbons (Fsp3) is 0.286. The van der Waals surface area contributed by atoms with Gasteiger partial charge in [-0.25, -0.2) is 4.98 Å². The van der Waals surface area contributed by atoms with Crippen LogP contribution >= 0.6 is 12.4 Å². The average molecular weight is 417 g/mol. The molecule has 3 aromatic rings. The largest absolute Gasteiger partial charge is 0.478 e. The van der Waals surface area contributed by atoms with Gasteiger partial charge in [0.05, 0.1) is 12.1 Å². The number of hydrogen-bond acceptors (Lipinski definition) is 5. The first-order valence-corrected chi connectivity index (χ1v) is 9.14. The Bertz CT molecular complexity index is 1030. The molecule has 0 spiro atoms. The van der Waals surface area contributed by atoms with Crippen molar-refractivity contribution in [1.82, 2.24) is 20.2 Å². The van der Waals surface area contributed by atoms with Crippen LogP contribution in [0.4, 0.5) is 0 Å². The van der Waals surface area contributed by atoms with Crippen molar-refractivity contribution in [2.45, 2.75) is 20.0 Å². The maximum atomic E-state index is 12.7. The number of rotatable bonds is 7. The van der Waals surface area contributed by atoms with Crippen molar-refractivity contribution in [1.29, 1.82) is 0 Å². The van der Waals surface area contributed by atoms with Gasteiger partial charge in [0.25, 0.3) is 5.91 Å². The Kier molecular flexibility index (Phi) is 7.75. The second-order valence-electron chi connectivity index (χ2n) is 6.75. The molecular weight excluding hydrogens is 392 g/mol. The number of amides is 1. The first kappa shape index (κ1) is 22.4. The zero-order valence-electron chi connectivity index (χ0n) is 16.7. The number of halogens is 1. The summed E-state index contributed by atoms with van der Waals surface area (Å²) in [5.41, 5.74) is 2.51. The SMILES string of the molecule is CCOc1ccc2[nH]cc(C(=O)NCc3ccc(CN(C)C)cc3)c(=O)c2n1.Cl. The standard InChI is InChI=1S/C21H24N4O3.ClH/c1-4-28-18-10-9-17-19(24-18)20(26)16(12-22-17)21(27)23-11-14-5-7-15(8-6-14)13-25(2)3;/h5-10,12H,4,11,13H2,1-3H3,(H,22,26)(H,23,27);1H. The molecule has 0 radical (unpaired) electrons. The zero-order valence-corrected chi connectivity index (χ0v) is 17.5. The van der Waals surface area contributed by atoms with Crippen LogP contribution in [0.5, 0.6) is 5.88 Å². The summed E-state index contributed by atoms with van der Waals surface area (Å²) in [5.74, 6) is -0.0833. The van der Waals surface area contributed by atoms with E-state index in [1.54, 1.807) is 12.1 Å². The number of aromatic amines is 1. The number of carbonyl (C=O) groups excluding carboxylic acids is 1. The van der Waals surface area contributed by atoms with Crippen LogP contribution in [0.3, 0.4) is 0 Å². The molecule has 3 rings (SSSR count). The molecule has 1 aromatic carbocycles. The second kappa shape index (κ2) is 10.0. The summed E-state index contributed by atoms with van der Waals surface area (Å²) < 4.78 is 5.34. The highest BCUT2D eigenvalue weighted by atomic mass is 35.5. The number of aromatic nitrogens is 2. The first-order valence-electron chi connectivity index (χ1n) is 9.14. The lowest BCUT2D eigenvalue weighted by molar-refractivity contribution is 0.0949. The van der Waals surface area contributed by atoms with E-state index in [2.05, 4.69) is 20.2 Å². The molecule has 0 aliphatic rings. The summed E-state index contributed by atoms with van der Waals surface area (Å²) in [6.07, 6.45) is 1.42. The Hall–Kier alpha value is -2.90. The summed E-state index contributed by atoms with van der Waals surface area (Å²) in [6, 6.07) is 11.4. The van der Waals surface area contributed by atoms with Crippen LogP contribution in [0.25, 0.3) is 11.0 Å². The second-order valence-corrected chi connectivity index (χ2v) is 6.75. The van der Waals surface area contributed by atoms with Crippen LogP contribution in [0.15, 0.2) is 47.4 Å². The third-order valence-electron chi connectivity index (χ3n) is 4.21. The van der Waals surface area contributed by atoms with Gasteiger partial charge in [0.15, 0.2) is 0 Å². The van der Waals surface area contributed by atoms with Gasteiger partial charge >= 0.3 is 0 Å². The van der Waals surface area contributed by atoms with Crippen LogP contribution in [0.2, 0.25) is 0 Å². The lowest BCUT2D eigenvalue weighted by Gasteiger charge is -2.10. The highest BCUT2D eigenvalue weighted by Crippen LogP contribution is 2.12. The zero-order chi connectivity index (χ0) is 20.1. The van der Waals surface area contributed by atoms with Gasteiger partial charge in [-0.1, -0.05) is 24.3 Å². The molecule has 154 valence electrons. The molecular formula is C21H25ClN4O3. The minimum Gasteiger partial charge on any atom is -0.478 e. The lowest BCUT2D eigenvalue weighted by atomic mass is 10.1. The van der Waals surface area contributed by atoms with Crippen molar-refractivity contribution in [2.24, 2.45) is 0 Å². The number of ether oxygens (including phenoxy) is 1. The van der Waals surface area contributed by atoms with Gasteiger partial charge in [-0.05, 0) is 38.2 Å². The molecule has 7 nitrogen and oxygen atoms in total. The molecule has 2 N–H and O–H groups in total. The number of nitrogens with zero attached hydrogens (tertiary/aromatic N) is 2. The molecule has 1 amide bonds. The van der Waals surface area contributed by atoms with Gasteiger partial charge in [0, 0.05) is 25.4 Å². The summed E-state index contributed by atoms with van der Waals surface area (Å²) >= 11 is 0. The molecule has 0 unspecified atom stereocenters. The Morgan fingerprint density at radius 1 is 1.14 bits per heavy atom. The van der Waals surface area contributed by atoms with E-state index in [-0.39, 0.29) is 23.5 Å². The normalized spacial score (nSPS) is 10.6. The first-order chi connectivity index (χ1) is 13.5. The number of fused-ring (bicyclic) bond motifs is 1. The van der Waals surface area contributed by atoms with Gasteiger partial charge in [-0.3, -0.25) is 9.59 Å². The number of nitrogens with one attached hydrogen (secondary N) is 2. The molecule has 8 heteroatoms. The summed E-state index contributed by atoms with van der Waals surface area (Å²) in [4.78, 5) is 34.4. The molecule has 0 bridgehead atoms. The van der Waals surface area contributed by atoms with Crippen molar-refractivity contribution in [2.75, 3.05) is 20.7 Å². The van der Waals surface area contributed by atoms with Crippen LogP contribution in [-0.2, 0) is 13.1 Å². The van der Waals surface area contributed by atoms with Gasteiger partial charge < -0.3 is 19.9 Å². The highest BCUT2D eigenvalue weighted by molar-refractivity contribution is 5.96. The van der Waals surface area contributed by atoms with Crippen LogP contribution in [0, 0.1) is 0 Å². The van der Waals surface area contributed by atoms with E-state index in [0.717, 1.165) is 12.1 Å². The molecule has 0 saturated heterocycles. The quantitative estimate of drug-likeness (QED) is 0.618. The molecule has 0 fully saturated rings. The van der Waals surface area contributed by atoms with E-state index in [4.69, 9.17) is 4.74 Å². The van der Waals surface area contributed by atoms with Crippen LogP contribution in [-0.4, -0.2) is 41.5 Å². The molecule has 0 atom stereocenters. The van der Waals surface area contributed by atoms with Crippen molar-refractivity contribution in [3.05, 3.63) is 69.5 Å². The Balaban J connectivity index is 0.00000300. The highest BCUT2D eigenvalue weighted by Gasteiger charge is 2.14. The predicted molar refractivity (Wildman–Crippen MR) is 116 cm³/mol. The smallest absolute Gasteiger partial charge is 0.257 e. The van der Waals surface area contributed by atoms with Crippen LogP contribution < -0.4 is 15.5 Å². The fourth-order valence-electron chi connectivity index (χ4n) is 2.88. The topological polar surface area (TPSA) is 87.3 Å². The number of H-pyrrole nitrogens is 1. The molecule has 2 aromatic heterocycles. The molecule has 29 heavy (non-hydrogen) atoms. The minimum atomic E-state index is -0.441. The fourth-order valence-corrected chi connectivity index (χ4v) is 2.88. The predicted octanol–water partition coefficient (Wildman–Crippen LogP) is 2.74. The van der Waals surface area contributed by atoms with Gasteiger partial charge in [-0.15, -0.1) is 12.4 Å². The maximum absolute atomic E-state index is 12.7. The minimum absolute atomic E-state index is 0. The summed E-state index contributed by atoms with van der Waals surface area (Å²) in [5, 5.41) is 2.79. The lowest BCUT2D eigenvalue weighted by Crippen LogP contribution is -2.28. The van der Waals surface area contributed by atoms with Crippen molar-refractivity contribution in [3.8, 4) is 5.88 Å². The van der Waals surface area contributed by atoms with Gasteiger partial charge in [-0.2, -0.15) is 0 Å². The molecule has 0 aliphatic carbocycles. The molecule has 0 saturated carbocycles. The number of benzene rings is 1. The van der Waals surface area contributed by atoms with E-state index in [1.807, 2.05) is 45.3 Å². The third-order valence-corrected chi connectivity index (χ3v) is 4.21. The number of pyridine rings is 2.